The van der Waals surface area contributed by atoms with Crippen LogP contribution in [0.3, 0.4) is 0 Å². The van der Waals surface area contributed by atoms with Crippen molar-refractivity contribution in [3.05, 3.63) is 75.9 Å². The number of aromatic nitrogens is 2. The Morgan fingerprint density at radius 2 is 1.97 bits per heavy atom. The average molecular weight is 550 g/mol. The molecule has 1 aliphatic heterocycles. The minimum atomic E-state index is -4.93. The van der Waals surface area contributed by atoms with Gasteiger partial charge in [-0.1, -0.05) is 17.9 Å². The summed E-state index contributed by atoms with van der Waals surface area (Å²) in [6.45, 7) is -0.714. The monoisotopic (exact) mass is 550 g/mol. The number of carbonyl (C=O) groups excluding carboxylic acids is 1. The van der Waals surface area contributed by atoms with Crippen LogP contribution in [0.5, 0.6) is 11.8 Å². The van der Waals surface area contributed by atoms with Gasteiger partial charge >= 0.3 is 18.3 Å². The molecule has 1 unspecified atom stereocenters. The summed E-state index contributed by atoms with van der Waals surface area (Å²) in [7, 11) is 3.10. The Kier molecular flexibility index (Phi) is 8.17. The van der Waals surface area contributed by atoms with Gasteiger partial charge in [-0.3, -0.25) is 9.21 Å². The van der Waals surface area contributed by atoms with E-state index in [1.165, 1.54) is 16.6 Å². The van der Waals surface area contributed by atoms with E-state index in [1.807, 2.05) is 0 Å². The van der Waals surface area contributed by atoms with Crippen LogP contribution >= 0.6 is 0 Å². The van der Waals surface area contributed by atoms with E-state index in [9.17, 15) is 23.2 Å². The van der Waals surface area contributed by atoms with Crippen molar-refractivity contribution >= 4 is 11.7 Å². The van der Waals surface area contributed by atoms with Crippen molar-refractivity contribution in [2.45, 2.75) is 12.9 Å². The molecule has 0 saturated carbocycles. The van der Waals surface area contributed by atoms with Gasteiger partial charge in [0.05, 0.1) is 33.5 Å². The quantitative estimate of drug-likeness (QED) is 0.195. The standard InChI is InChI=1S/C25H25F3N4O7/c1-30-16-32(35,10-12-37-13-11-33)23(34)21-22(30)29-24(31(21)15-17-6-8-18(36-2)9-7-17)38-19-4-3-5-20(14-19)39-25(26,27)28/h5-9,14,33H,10-13,15-16H2,1-2H3. The summed E-state index contributed by atoms with van der Waals surface area (Å²) >= 11 is 0. The summed E-state index contributed by atoms with van der Waals surface area (Å²) in [6.07, 6.45) is -3.04. The first-order chi connectivity index (χ1) is 18.5. The fourth-order valence-electron chi connectivity index (χ4n) is 3.98. The number of allylic oxidation sites excluding steroid dienone is 2. The molecule has 1 aromatic carbocycles. The number of halogens is 3. The molecule has 0 fully saturated rings. The zero-order valence-electron chi connectivity index (χ0n) is 21.0. The van der Waals surface area contributed by atoms with E-state index in [2.05, 4.69) is 21.2 Å². The molecule has 11 nitrogen and oxygen atoms in total. The number of imidazole rings is 1. The maximum absolute atomic E-state index is 13.6. The van der Waals surface area contributed by atoms with Crippen molar-refractivity contribution in [2.24, 2.45) is 0 Å². The summed E-state index contributed by atoms with van der Waals surface area (Å²) in [4.78, 5) is 19.5. The predicted molar refractivity (Wildman–Crippen MR) is 129 cm³/mol. The van der Waals surface area contributed by atoms with Gasteiger partial charge < -0.3 is 34.2 Å². The highest BCUT2D eigenvalue weighted by atomic mass is 19.4. The van der Waals surface area contributed by atoms with Crippen LogP contribution < -0.4 is 14.4 Å². The average Bonchev–Trinajstić information content (AvgIpc) is 3.23. The Balaban J connectivity index is 1.72. The van der Waals surface area contributed by atoms with Crippen LogP contribution in [0.25, 0.3) is 0 Å². The third-order valence-electron chi connectivity index (χ3n) is 5.74. The molecule has 1 aliphatic carbocycles. The Labute approximate surface area is 221 Å². The van der Waals surface area contributed by atoms with Gasteiger partial charge in [0.1, 0.15) is 18.1 Å². The molecule has 39 heavy (non-hydrogen) atoms. The van der Waals surface area contributed by atoms with Gasteiger partial charge in [-0.05, 0) is 23.4 Å². The van der Waals surface area contributed by atoms with E-state index in [0.29, 0.717) is 11.3 Å². The van der Waals surface area contributed by atoms with Crippen molar-refractivity contribution in [1.29, 1.82) is 0 Å². The zero-order chi connectivity index (χ0) is 28.2. The van der Waals surface area contributed by atoms with Crippen LogP contribution in [0, 0.1) is 5.21 Å². The van der Waals surface area contributed by atoms with Gasteiger partial charge in [0.15, 0.2) is 23.9 Å². The van der Waals surface area contributed by atoms with Crippen molar-refractivity contribution < 1.29 is 46.7 Å². The number of carbonyl (C=O) groups is 1. The number of quaternary nitrogens is 1. The van der Waals surface area contributed by atoms with Crippen LogP contribution in [0.1, 0.15) is 16.1 Å². The number of methoxy groups -OCH3 is 1. The molecule has 2 heterocycles. The van der Waals surface area contributed by atoms with Crippen molar-refractivity contribution in [3.8, 4) is 11.8 Å². The fraction of sp³-hybridized carbons (Fsp3) is 0.360. The van der Waals surface area contributed by atoms with Crippen LogP contribution in [0.15, 0.2) is 59.4 Å². The molecule has 4 rings (SSSR count). The summed E-state index contributed by atoms with van der Waals surface area (Å²) in [5.74, 6) is -0.818. The number of aliphatic hydroxyl groups is 1. The van der Waals surface area contributed by atoms with Crippen LogP contribution in [0.4, 0.5) is 19.0 Å². The molecule has 1 atom stereocenters. The normalized spacial score (nSPS) is 18.5. The molecule has 14 heteroatoms. The highest BCUT2D eigenvalue weighted by Gasteiger charge is 2.43. The molecule has 0 spiro atoms. The largest absolute Gasteiger partial charge is 0.624 e. The maximum Gasteiger partial charge on any atom is 0.573 e. The molecule has 1 N–H and O–H groups in total. The number of hydrogen-bond donors (Lipinski definition) is 1. The third-order valence-corrected chi connectivity index (χ3v) is 5.74. The summed E-state index contributed by atoms with van der Waals surface area (Å²) in [6, 6.07) is 6.74. The molecular weight excluding hydrogens is 525 g/mol. The third kappa shape index (κ3) is 6.52. The number of benzene rings is 1. The highest BCUT2D eigenvalue weighted by Crippen LogP contribution is 2.35. The number of anilines is 1. The van der Waals surface area contributed by atoms with E-state index >= 15 is 0 Å². The number of hydrogen-bond acceptors (Lipinski definition) is 9. The Bertz CT molecular complexity index is 1360. The van der Waals surface area contributed by atoms with E-state index in [-0.39, 0.29) is 62.9 Å². The molecule has 1 aromatic heterocycles. The lowest BCUT2D eigenvalue weighted by atomic mass is 10.2. The van der Waals surface area contributed by atoms with E-state index < -0.39 is 22.7 Å². The lowest BCUT2D eigenvalue weighted by Gasteiger charge is -2.44. The molecule has 2 aliphatic rings. The number of fused-ring (bicyclic) bond motifs is 1. The van der Waals surface area contributed by atoms with Crippen LogP contribution in [-0.4, -0.2) is 78.8 Å². The Hall–Kier alpha value is -4.03. The summed E-state index contributed by atoms with van der Waals surface area (Å²) in [5, 5.41) is 22.5. The minimum absolute atomic E-state index is 0.0211. The van der Waals surface area contributed by atoms with E-state index in [1.54, 1.807) is 31.3 Å². The van der Waals surface area contributed by atoms with E-state index in [4.69, 9.17) is 19.3 Å². The second kappa shape index (κ2) is 11.4. The molecule has 2 aromatic rings. The van der Waals surface area contributed by atoms with Gasteiger partial charge in [-0.15, -0.1) is 13.2 Å². The zero-order valence-corrected chi connectivity index (χ0v) is 21.0. The molecule has 0 bridgehead atoms. The first-order valence-corrected chi connectivity index (χ1v) is 11.7. The van der Waals surface area contributed by atoms with Crippen molar-refractivity contribution in [3.63, 3.8) is 0 Å². The number of nitrogens with zero attached hydrogens (tertiary/aromatic N) is 4. The molecule has 0 radical (unpaired) electrons. The number of hydroxylamine groups is 3. The van der Waals surface area contributed by atoms with Gasteiger partial charge in [-0.2, -0.15) is 4.98 Å². The smallest absolute Gasteiger partial charge is 0.573 e. The van der Waals surface area contributed by atoms with Gasteiger partial charge in [0.25, 0.3) is 0 Å². The number of rotatable bonds is 11. The SMILES string of the molecule is COc1ccc(Cn2c(OC3=C=C=CC(OC(F)(F)F)=C3)nc3c2C(=O)[N+]([O-])(CCOCCO)CN3C)cc1. The van der Waals surface area contributed by atoms with Crippen LogP contribution in [-0.2, 0) is 16.0 Å². The van der Waals surface area contributed by atoms with Gasteiger partial charge in [0.2, 0.25) is 0 Å². The molecule has 208 valence electrons. The molecule has 1 amide bonds. The lowest BCUT2D eigenvalue weighted by Crippen LogP contribution is -2.58. The van der Waals surface area contributed by atoms with Gasteiger partial charge in [-0.25, -0.2) is 4.79 Å². The predicted octanol–water partition coefficient (Wildman–Crippen LogP) is 2.82. The first kappa shape index (κ1) is 28.0. The number of aliphatic hydroxyl groups excluding tert-OH is 1. The molecular formula is C25H25F3N4O7. The van der Waals surface area contributed by atoms with Crippen LogP contribution in [0.2, 0.25) is 0 Å². The minimum Gasteiger partial charge on any atom is -0.624 e. The lowest BCUT2D eigenvalue weighted by molar-refractivity contribution is -0.799. The summed E-state index contributed by atoms with van der Waals surface area (Å²) in [5.41, 5.74) is 5.59. The second-order valence-electron chi connectivity index (χ2n) is 8.57. The number of amides is 1. The number of ether oxygens (including phenoxy) is 4. The maximum atomic E-state index is 13.6. The summed E-state index contributed by atoms with van der Waals surface area (Å²) < 4.78 is 58.3. The topological polar surface area (TPSA) is 118 Å². The second-order valence-corrected chi connectivity index (χ2v) is 8.57. The first-order valence-electron chi connectivity index (χ1n) is 11.7. The highest BCUT2D eigenvalue weighted by molar-refractivity contribution is 5.95. The Morgan fingerprint density at radius 1 is 1.23 bits per heavy atom. The number of alkyl halides is 3. The Morgan fingerprint density at radius 3 is 2.64 bits per heavy atom. The molecule has 0 saturated heterocycles. The van der Waals surface area contributed by atoms with E-state index in [0.717, 1.165) is 12.2 Å². The van der Waals surface area contributed by atoms with Crippen molar-refractivity contribution in [2.75, 3.05) is 52.1 Å². The fourth-order valence-corrected chi connectivity index (χ4v) is 3.98. The van der Waals surface area contributed by atoms with Crippen molar-refractivity contribution in [1.82, 2.24) is 9.55 Å². The van der Waals surface area contributed by atoms with Gasteiger partial charge in [0, 0.05) is 19.2 Å².